The summed E-state index contributed by atoms with van der Waals surface area (Å²) in [4.78, 5) is -0.0905. The number of rotatable bonds is 6. The molecular weight excluding hydrogens is 469 g/mol. The van der Waals surface area contributed by atoms with E-state index >= 15 is 0 Å². The van der Waals surface area contributed by atoms with Crippen molar-refractivity contribution in [3.8, 4) is 0 Å². The van der Waals surface area contributed by atoms with Gasteiger partial charge in [-0.15, -0.1) is 5.10 Å². The van der Waals surface area contributed by atoms with Gasteiger partial charge < -0.3 is 11.1 Å². The molecule has 0 unspecified atom stereocenters. The van der Waals surface area contributed by atoms with Gasteiger partial charge in [-0.05, 0) is 49.9 Å². The molecular formula is C22H37F3N6O2S. The Morgan fingerprint density at radius 1 is 1.00 bits per heavy atom. The van der Waals surface area contributed by atoms with Crippen LogP contribution in [0.2, 0.25) is 0 Å². The van der Waals surface area contributed by atoms with Gasteiger partial charge in [-0.25, -0.2) is 24.5 Å². The Kier molecular flexibility index (Phi) is 15.6. The van der Waals surface area contributed by atoms with Crippen LogP contribution in [-0.2, 0) is 16.2 Å². The normalized spacial score (nSPS) is 11.0. The van der Waals surface area contributed by atoms with Gasteiger partial charge in [0.05, 0.1) is 16.1 Å². The van der Waals surface area contributed by atoms with E-state index in [2.05, 4.69) is 15.1 Å². The summed E-state index contributed by atoms with van der Waals surface area (Å²) in [5.41, 5.74) is 7.99. The largest absolute Gasteiger partial charge is 0.416 e. The highest BCUT2D eigenvalue weighted by molar-refractivity contribution is 7.89. The van der Waals surface area contributed by atoms with Gasteiger partial charge in [0.15, 0.2) is 5.84 Å². The highest BCUT2D eigenvalue weighted by atomic mass is 32.2. The SMILES string of the molecule is CC.CC.CC.CNS(=O)(=O)c1cc(C)c(Nc2cccc(C(F)(F)F)c2)c(/C(N)=N/NN)c1. The summed E-state index contributed by atoms with van der Waals surface area (Å²) < 4.78 is 65.3. The van der Waals surface area contributed by atoms with Crippen molar-refractivity contribution in [3.63, 3.8) is 0 Å². The molecule has 0 aliphatic carbocycles. The molecule has 8 nitrogen and oxygen atoms in total. The fourth-order valence-corrected chi connectivity index (χ4v) is 3.28. The standard InChI is InChI=1S/C16H19F3N6O2S.3C2H6/c1-9-6-12(28(26,27)22-2)8-13(15(20)24-25-21)14(9)23-11-5-3-4-10(7-11)16(17,18)19;3*1-2/h3-8,22-23,25H,21H2,1-2H3,(H2,20,24);3*1-2H3. The Bertz CT molecular complexity index is 1010. The molecule has 0 saturated heterocycles. The van der Waals surface area contributed by atoms with Gasteiger partial charge in [0, 0.05) is 11.3 Å². The average molecular weight is 507 g/mol. The van der Waals surface area contributed by atoms with Gasteiger partial charge in [0.2, 0.25) is 10.0 Å². The lowest BCUT2D eigenvalue weighted by Gasteiger charge is -2.17. The van der Waals surface area contributed by atoms with E-state index in [1.807, 2.05) is 47.1 Å². The van der Waals surface area contributed by atoms with Gasteiger partial charge in [-0.2, -0.15) is 13.2 Å². The Hall–Kier alpha value is -2.83. The van der Waals surface area contributed by atoms with E-state index < -0.39 is 21.8 Å². The lowest BCUT2D eigenvalue weighted by molar-refractivity contribution is -0.137. The minimum Gasteiger partial charge on any atom is -0.382 e. The Labute approximate surface area is 201 Å². The second-order valence-corrected chi connectivity index (χ2v) is 7.59. The molecule has 0 radical (unpaired) electrons. The van der Waals surface area contributed by atoms with Crippen LogP contribution in [0.25, 0.3) is 0 Å². The van der Waals surface area contributed by atoms with Crippen molar-refractivity contribution < 1.29 is 21.6 Å². The molecule has 2 rings (SSSR count). The molecule has 12 heteroatoms. The Morgan fingerprint density at radius 2 is 1.56 bits per heavy atom. The summed E-state index contributed by atoms with van der Waals surface area (Å²) in [5.74, 6) is 4.97. The van der Waals surface area contributed by atoms with E-state index in [0.29, 0.717) is 5.56 Å². The van der Waals surface area contributed by atoms with Crippen LogP contribution in [0.15, 0.2) is 46.4 Å². The molecule has 0 saturated carbocycles. The third-order valence-corrected chi connectivity index (χ3v) is 5.20. The maximum atomic E-state index is 13.0. The summed E-state index contributed by atoms with van der Waals surface area (Å²) in [7, 11) is -2.55. The quantitative estimate of drug-likeness (QED) is 0.165. The molecule has 194 valence electrons. The van der Waals surface area contributed by atoms with E-state index in [-0.39, 0.29) is 27.7 Å². The second-order valence-electron chi connectivity index (χ2n) is 5.70. The zero-order chi connectivity index (χ0) is 27.1. The molecule has 0 fully saturated rings. The number of aryl methyl sites for hydroxylation is 1. The summed E-state index contributed by atoms with van der Waals surface area (Å²) in [6.07, 6.45) is -4.51. The Morgan fingerprint density at radius 3 is 2.03 bits per heavy atom. The van der Waals surface area contributed by atoms with E-state index in [1.165, 1.54) is 31.3 Å². The first-order chi connectivity index (χ1) is 16.0. The number of nitrogens with zero attached hydrogens (tertiary/aromatic N) is 1. The van der Waals surface area contributed by atoms with Crippen LogP contribution < -0.4 is 27.2 Å². The smallest absolute Gasteiger partial charge is 0.382 e. The van der Waals surface area contributed by atoms with Crippen molar-refractivity contribution in [2.24, 2.45) is 16.7 Å². The van der Waals surface area contributed by atoms with Crippen LogP contribution in [0.1, 0.15) is 58.2 Å². The monoisotopic (exact) mass is 506 g/mol. The first-order valence-corrected chi connectivity index (χ1v) is 12.3. The van der Waals surface area contributed by atoms with Crippen molar-refractivity contribution in [1.29, 1.82) is 0 Å². The molecule has 0 spiro atoms. The lowest BCUT2D eigenvalue weighted by Crippen LogP contribution is -2.25. The number of benzene rings is 2. The number of nitrogens with one attached hydrogen (secondary N) is 3. The third-order valence-electron chi connectivity index (χ3n) is 3.81. The maximum absolute atomic E-state index is 13.0. The van der Waals surface area contributed by atoms with Crippen molar-refractivity contribution in [2.75, 3.05) is 12.4 Å². The zero-order valence-corrected chi connectivity index (χ0v) is 21.7. The summed E-state index contributed by atoms with van der Waals surface area (Å²) in [5, 5.41) is 6.48. The fraction of sp³-hybridized carbons (Fsp3) is 0.409. The predicted molar refractivity (Wildman–Crippen MR) is 134 cm³/mol. The molecule has 0 amide bonds. The molecule has 0 atom stereocenters. The van der Waals surface area contributed by atoms with Gasteiger partial charge >= 0.3 is 6.18 Å². The number of halogens is 3. The lowest BCUT2D eigenvalue weighted by atomic mass is 10.1. The molecule has 0 aromatic heterocycles. The number of hydrazine groups is 1. The first-order valence-electron chi connectivity index (χ1n) is 10.8. The van der Waals surface area contributed by atoms with Crippen LogP contribution in [0.4, 0.5) is 24.5 Å². The average Bonchev–Trinajstić information content (AvgIpc) is 2.83. The van der Waals surface area contributed by atoms with Crippen LogP contribution in [0, 0.1) is 6.92 Å². The fourth-order valence-electron chi connectivity index (χ4n) is 2.44. The molecule has 0 aliphatic heterocycles. The Balaban J connectivity index is 0. The van der Waals surface area contributed by atoms with Gasteiger partial charge in [-0.3, -0.25) is 0 Å². The van der Waals surface area contributed by atoms with E-state index in [4.69, 9.17) is 11.6 Å². The van der Waals surface area contributed by atoms with Crippen molar-refractivity contribution in [2.45, 2.75) is 59.5 Å². The number of amidine groups is 1. The van der Waals surface area contributed by atoms with Gasteiger partial charge in [0.25, 0.3) is 0 Å². The highest BCUT2D eigenvalue weighted by Crippen LogP contribution is 2.33. The predicted octanol–water partition coefficient (Wildman–Crippen LogP) is 4.83. The highest BCUT2D eigenvalue weighted by Gasteiger charge is 2.30. The van der Waals surface area contributed by atoms with Gasteiger partial charge in [0.1, 0.15) is 0 Å². The summed E-state index contributed by atoms with van der Waals surface area (Å²) in [6, 6.07) is 7.15. The van der Waals surface area contributed by atoms with Crippen molar-refractivity contribution >= 4 is 27.2 Å². The minimum absolute atomic E-state index is 0.0905. The van der Waals surface area contributed by atoms with E-state index in [1.54, 1.807) is 6.92 Å². The molecule has 2 aromatic carbocycles. The molecule has 34 heavy (non-hydrogen) atoms. The summed E-state index contributed by atoms with van der Waals surface area (Å²) >= 11 is 0. The maximum Gasteiger partial charge on any atom is 0.416 e. The topological polar surface area (TPSA) is 135 Å². The molecule has 0 aliphatic rings. The molecule has 7 N–H and O–H groups in total. The summed E-state index contributed by atoms with van der Waals surface area (Å²) in [6.45, 7) is 13.6. The number of hydrogen-bond donors (Lipinski definition) is 5. The first kappa shape index (κ1) is 33.3. The van der Waals surface area contributed by atoms with Crippen molar-refractivity contribution in [1.82, 2.24) is 10.3 Å². The third kappa shape index (κ3) is 9.57. The van der Waals surface area contributed by atoms with Crippen LogP contribution in [0.5, 0.6) is 0 Å². The number of alkyl halides is 3. The zero-order valence-electron chi connectivity index (χ0n) is 20.9. The van der Waals surface area contributed by atoms with Crippen LogP contribution in [-0.4, -0.2) is 21.3 Å². The number of anilines is 2. The number of nitrogens with two attached hydrogens (primary N) is 2. The van der Waals surface area contributed by atoms with Crippen molar-refractivity contribution in [3.05, 3.63) is 53.1 Å². The number of sulfonamides is 1. The number of hydrogen-bond acceptors (Lipinski definition) is 6. The molecule has 0 heterocycles. The minimum atomic E-state index is -4.51. The van der Waals surface area contributed by atoms with Crippen LogP contribution >= 0.6 is 0 Å². The van der Waals surface area contributed by atoms with Gasteiger partial charge in [-0.1, -0.05) is 47.6 Å². The molecule has 2 aromatic rings. The molecule has 0 bridgehead atoms. The van der Waals surface area contributed by atoms with E-state index in [9.17, 15) is 21.6 Å². The van der Waals surface area contributed by atoms with E-state index in [0.717, 1.165) is 12.1 Å². The second kappa shape index (κ2) is 15.9. The van der Waals surface area contributed by atoms with Crippen LogP contribution in [0.3, 0.4) is 0 Å². The number of hydrazone groups is 1.